The molecule has 0 aromatic heterocycles. The maximum Gasteiger partial charge on any atom is 0.227 e. The normalized spacial score (nSPS) is 24.1. The molecule has 2 N–H and O–H groups in total. The number of carbonyl (C=O) groups excluding carboxylic acids is 1. The van der Waals surface area contributed by atoms with Gasteiger partial charge in [0.1, 0.15) is 0 Å². The van der Waals surface area contributed by atoms with Crippen molar-refractivity contribution in [2.24, 2.45) is 5.41 Å². The van der Waals surface area contributed by atoms with Crippen molar-refractivity contribution in [3.05, 3.63) is 0 Å². The monoisotopic (exact) mass is 284 g/mol. The molecule has 1 amide bonds. The van der Waals surface area contributed by atoms with E-state index in [1.54, 1.807) is 6.92 Å². The SMILES string of the molecule is CCS(=O)(=O)CCNC(=O)C1(C)CCNC1.Cl. The molecule has 0 aromatic rings. The average Bonchev–Trinajstić information content (AvgIpc) is 2.66. The summed E-state index contributed by atoms with van der Waals surface area (Å²) in [5, 5.41) is 5.83. The Hall–Kier alpha value is -0.330. The quantitative estimate of drug-likeness (QED) is 0.743. The highest BCUT2D eigenvalue weighted by Gasteiger charge is 2.35. The number of halogens is 1. The van der Waals surface area contributed by atoms with Crippen LogP contribution >= 0.6 is 12.4 Å². The van der Waals surface area contributed by atoms with Gasteiger partial charge in [0.05, 0.1) is 11.2 Å². The molecule has 1 heterocycles. The van der Waals surface area contributed by atoms with E-state index in [-0.39, 0.29) is 41.8 Å². The molecule has 0 aliphatic carbocycles. The Morgan fingerprint density at radius 1 is 1.47 bits per heavy atom. The highest BCUT2D eigenvalue weighted by Crippen LogP contribution is 2.24. The van der Waals surface area contributed by atoms with Gasteiger partial charge < -0.3 is 10.6 Å². The highest BCUT2D eigenvalue weighted by molar-refractivity contribution is 7.91. The molecule has 0 radical (unpaired) electrons. The zero-order chi connectivity index (χ0) is 12.2. The van der Waals surface area contributed by atoms with Crippen molar-refractivity contribution in [3.63, 3.8) is 0 Å². The van der Waals surface area contributed by atoms with Gasteiger partial charge in [-0.25, -0.2) is 8.42 Å². The van der Waals surface area contributed by atoms with Gasteiger partial charge >= 0.3 is 0 Å². The van der Waals surface area contributed by atoms with Crippen LogP contribution in [-0.2, 0) is 14.6 Å². The predicted octanol–water partition coefficient (Wildman–Crippen LogP) is -0.0413. The van der Waals surface area contributed by atoms with Crippen molar-refractivity contribution in [2.75, 3.05) is 31.1 Å². The van der Waals surface area contributed by atoms with Crippen molar-refractivity contribution in [1.29, 1.82) is 0 Å². The Morgan fingerprint density at radius 2 is 2.12 bits per heavy atom. The third-order valence-electron chi connectivity index (χ3n) is 3.06. The number of nitrogens with one attached hydrogen (secondary N) is 2. The van der Waals surface area contributed by atoms with Gasteiger partial charge in [0.25, 0.3) is 0 Å². The summed E-state index contributed by atoms with van der Waals surface area (Å²) >= 11 is 0. The molecular formula is C10H21ClN2O3S. The van der Waals surface area contributed by atoms with Crippen LogP contribution in [0.5, 0.6) is 0 Å². The summed E-state index contributed by atoms with van der Waals surface area (Å²) in [6.07, 6.45) is 0.805. The molecule has 1 fully saturated rings. The number of rotatable bonds is 5. The molecule has 1 rings (SSSR count). The molecule has 0 bridgehead atoms. The van der Waals surface area contributed by atoms with E-state index in [0.29, 0.717) is 6.54 Å². The predicted molar refractivity (Wildman–Crippen MR) is 70.2 cm³/mol. The third kappa shape index (κ3) is 4.81. The van der Waals surface area contributed by atoms with E-state index < -0.39 is 9.84 Å². The molecule has 102 valence electrons. The van der Waals surface area contributed by atoms with Crippen molar-refractivity contribution in [1.82, 2.24) is 10.6 Å². The zero-order valence-electron chi connectivity index (χ0n) is 10.3. The lowest BCUT2D eigenvalue weighted by molar-refractivity contribution is -0.129. The van der Waals surface area contributed by atoms with E-state index in [1.807, 2.05) is 6.92 Å². The second-order valence-electron chi connectivity index (χ2n) is 4.48. The fourth-order valence-electron chi connectivity index (χ4n) is 1.69. The Bertz CT molecular complexity index is 351. The molecule has 1 unspecified atom stereocenters. The van der Waals surface area contributed by atoms with Crippen LogP contribution in [0.2, 0.25) is 0 Å². The molecule has 0 spiro atoms. The van der Waals surface area contributed by atoms with E-state index in [0.717, 1.165) is 13.0 Å². The molecule has 1 aliphatic rings. The fourth-order valence-corrected chi connectivity index (χ4v) is 2.39. The largest absolute Gasteiger partial charge is 0.355 e. The van der Waals surface area contributed by atoms with E-state index in [4.69, 9.17) is 0 Å². The van der Waals surface area contributed by atoms with Gasteiger partial charge in [-0.15, -0.1) is 12.4 Å². The lowest BCUT2D eigenvalue weighted by Crippen LogP contribution is -2.42. The molecular weight excluding hydrogens is 264 g/mol. The van der Waals surface area contributed by atoms with Crippen LogP contribution in [0.3, 0.4) is 0 Å². The fraction of sp³-hybridized carbons (Fsp3) is 0.900. The Kier molecular flexibility index (Phi) is 6.43. The molecule has 1 atom stereocenters. The second kappa shape index (κ2) is 6.56. The van der Waals surface area contributed by atoms with Gasteiger partial charge in [-0.2, -0.15) is 0 Å². The van der Waals surface area contributed by atoms with E-state index in [9.17, 15) is 13.2 Å². The topological polar surface area (TPSA) is 75.3 Å². The van der Waals surface area contributed by atoms with Gasteiger partial charge in [-0.05, 0) is 19.9 Å². The first-order chi connectivity index (χ1) is 7.40. The van der Waals surface area contributed by atoms with Crippen molar-refractivity contribution < 1.29 is 13.2 Å². The molecule has 5 nitrogen and oxygen atoms in total. The van der Waals surface area contributed by atoms with Gasteiger partial charge in [-0.3, -0.25) is 4.79 Å². The first-order valence-corrected chi connectivity index (χ1v) is 7.41. The van der Waals surface area contributed by atoms with Crippen molar-refractivity contribution in [2.45, 2.75) is 20.3 Å². The van der Waals surface area contributed by atoms with Gasteiger partial charge in [0.15, 0.2) is 9.84 Å². The summed E-state index contributed by atoms with van der Waals surface area (Å²) in [5.41, 5.74) is -0.379. The number of amides is 1. The molecule has 1 saturated heterocycles. The maximum atomic E-state index is 11.8. The number of hydrogen-bond donors (Lipinski definition) is 2. The molecule has 0 saturated carbocycles. The number of carbonyl (C=O) groups is 1. The first-order valence-electron chi connectivity index (χ1n) is 5.59. The van der Waals surface area contributed by atoms with Crippen LogP contribution in [0.1, 0.15) is 20.3 Å². The number of hydrogen-bond acceptors (Lipinski definition) is 4. The Labute approximate surface area is 109 Å². The zero-order valence-corrected chi connectivity index (χ0v) is 11.9. The lowest BCUT2D eigenvalue weighted by Gasteiger charge is -2.21. The highest BCUT2D eigenvalue weighted by atomic mass is 35.5. The summed E-state index contributed by atoms with van der Waals surface area (Å²) < 4.78 is 22.4. The van der Waals surface area contributed by atoms with E-state index >= 15 is 0 Å². The van der Waals surface area contributed by atoms with Crippen LogP contribution in [0.15, 0.2) is 0 Å². The minimum Gasteiger partial charge on any atom is -0.355 e. The summed E-state index contributed by atoms with van der Waals surface area (Å²) in [6, 6.07) is 0. The van der Waals surface area contributed by atoms with Gasteiger partial charge in [-0.1, -0.05) is 6.92 Å². The van der Waals surface area contributed by atoms with Crippen LogP contribution in [-0.4, -0.2) is 45.5 Å². The van der Waals surface area contributed by atoms with Crippen molar-refractivity contribution in [3.8, 4) is 0 Å². The molecule has 0 aromatic carbocycles. The number of sulfone groups is 1. The van der Waals surface area contributed by atoms with Crippen LogP contribution < -0.4 is 10.6 Å². The minimum atomic E-state index is -2.99. The second-order valence-corrected chi connectivity index (χ2v) is 6.95. The summed E-state index contributed by atoms with van der Waals surface area (Å²) in [4.78, 5) is 11.8. The van der Waals surface area contributed by atoms with Crippen LogP contribution in [0.4, 0.5) is 0 Å². The Morgan fingerprint density at radius 3 is 2.59 bits per heavy atom. The first kappa shape index (κ1) is 16.7. The maximum absolute atomic E-state index is 11.8. The van der Waals surface area contributed by atoms with Gasteiger partial charge in [0.2, 0.25) is 5.91 Å². The van der Waals surface area contributed by atoms with Crippen molar-refractivity contribution >= 4 is 28.2 Å². The molecule has 7 heteroatoms. The van der Waals surface area contributed by atoms with E-state index in [1.165, 1.54) is 0 Å². The van der Waals surface area contributed by atoms with E-state index in [2.05, 4.69) is 10.6 Å². The summed E-state index contributed by atoms with van der Waals surface area (Å²) in [5.74, 6) is 0.101. The molecule has 1 aliphatic heterocycles. The minimum absolute atomic E-state index is 0. The smallest absolute Gasteiger partial charge is 0.227 e. The standard InChI is InChI=1S/C10H20N2O3S.ClH/c1-3-16(14,15)7-6-12-9(13)10(2)4-5-11-8-10;/h11H,3-8H2,1-2H3,(H,12,13);1H. The Balaban J connectivity index is 0.00000256. The summed E-state index contributed by atoms with van der Waals surface area (Å²) in [6.45, 7) is 5.23. The van der Waals surface area contributed by atoms with Crippen LogP contribution in [0.25, 0.3) is 0 Å². The summed E-state index contributed by atoms with van der Waals surface area (Å²) in [7, 11) is -2.99. The lowest BCUT2D eigenvalue weighted by atomic mass is 9.89. The molecule has 17 heavy (non-hydrogen) atoms. The average molecular weight is 285 g/mol. The van der Waals surface area contributed by atoms with Gasteiger partial charge in [0, 0.05) is 18.8 Å². The third-order valence-corrected chi connectivity index (χ3v) is 4.76. The van der Waals surface area contributed by atoms with Crippen LogP contribution in [0, 0.1) is 5.41 Å².